The van der Waals surface area contributed by atoms with Crippen molar-refractivity contribution in [2.75, 3.05) is 6.61 Å². The molecule has 1 atom stereocenters. The van der Waals surface area contributed by atoms with Crippen LogP contribution in [0.15, 0.2) is 24.5 Å². The van der Waals surface area contributed by atoms with Crippen LogP contribution in [0.2, 0.25) is 0 Å². The summed E-state index contributed by atoms with van der Waals surface area (Å²) >= 11 is 0. The van der Waals surface area contributed by atoms with E-state index in [0.29, 0.717) is 12.4 Å². The number of hydrogen-bond donors (Lipinski definition) is 1. The SMILES string of the molecule is CC1(C)C[C@H](c2nc(CC(N)=O)nn2-c2cccnc2)CCO1. The molecule has 0 unspecified atom stereocenters. The third-order valence-corrected chi connectivity index (χ3v) is 3.96. The summed E-state index contributed by atoms with van der Waals surface area (Å²) in [7, 11) is 0. The van der Waals surface area contributed by atoms with Gasteiger partial charge in [-0.25, -0.2) is 9.67 Å². The Morgan fingerprint density at radius 1 is 1.52 bits per heavy atom. The normalized spacial score (nSPS) is 20.3. The van der Waals surface area contributed by atoms with E-state index < -0.39 is 5.91 Å². The quantitative estimate of drug-likeness (QED) is 0.919. The fraction of sp³-hybridized carbons (Fsp3) is 0.500. The first kappa shape index (κ1) is 15.6. The van der Waals surface area contributed by atoms with Gasteiger partial charge in [0, 0.05) is 18.7 Å². The van der Waals surface area contributed by atoms with E-state index >= 15 is 0 Å². The van der Waals surface area contributed by atoms with E-state index in [-0.39, 0.29) is 17.9 Å². The number of carbonyl (C=O) groups is 1. The summed E-state index contributed by atoms with van der Waals surface area (Å²) in [6.07, 6.45) is 5.20. The second kappa shape index (κ2) is 6.08. The number of amides is 1. The van der Waals surface area contributed by atoms with Crippen molar-refractivity contribution in [3.63, 3.8) is 0 Å². The Kier molecular flexibility index (Phi) is 4.12. The molecule has 0 aromatic carbocycles. The van der Waals surface area contributed by atoms with E-state index in [4.69, 9.17) is 10.5 Å². The molecule has 0 saturated carbocycles. The lowest BCUT2D eigenvalue weighted by Crippen LogP contribution is -2.34. The van der Waals surface area contributed by atoms with E-state index in [1.165, 1.54) is 0 Å². The summed E-state index contributed by atoms with van der Waals surface area (Å²) in [4.78, 5) is 19.9. The zero-order valence-corrected chi connectivity index (χ0v) is 13.4. The van der Waals surface area contributed by atoms with Crippen LogP contribution in [0.25, 0.3) is 5.69 Å². The van der Waals surface area contributed by atoms with E-state index in [1.807, 2.05) is 12.1 Å². The lowest BCUT2D eigenvalue weighted by atomic mass is 9.88. The maximum absolute atomic E-state index is 11.2. The van der Waals surface area contributed by atoms with E-state index in [2.05, 4.69) is 28.9 Å². The van der Waals surface area contributed by atoms with Crippen LogP contribution in [0.4, 0.5) is 0 Å². The van der Waals surface area contributed by atoms with Gasteiger partial charge in [0.15, 0.2) is 5.82 Å². The Bertz CT molecular complexity index is 696. The van der Waals surface area contributed by atoms with Crippen molar-refractivity contribution in [2.24, 2.45) is 5.73 Å². The van der Waals surface area contributed by atoms with Gasteiger partial charge in [0.2, 0.25) is 5.91 Å². The number of aromatic nitrogens is 4. The van der Waals surface area contributed by atoms with Gasteiger partial charge in [-0.2, -0.15) is 5.10 Å². The molecule has 0 radical (unpaired) electrons. The fourth-order valence-electron chi connectivity index (χ4n) is 2.98. The van der Waals surface area contributed by atoms with Crippen LogP contribution >= 0.6 is 0 Å². The molecule has 0 bridgehead atoms. The number of primary amides is 1. The molecule has 0 spiro atoms. The van der Waals surface area contributed by atoms with Gasteiger partial charge in [0.25, 0.3) is 0 Å². The van der Waals surface area contributed by atoms with Crippen LogP contribution in [0.5, 0.6) is 0 Å². The average molecular weight is 315 g/mol. The van der Waals surface area contributed by atoms with Gasteiger partial charge in [0.05, 0.1) is 23.9 Å². The molecular weight excluding hydrogens is 294 g/mol. The number of carbonyl (C=O) groups excluding carboxylic acids is 1. The molecule has 0 aliphatic carbocycles. The summed E-state index contributed by atoms with van der Waals surface area (Å²) in [6.45, 7) is 4.84. The van der Waals surface area contributed by atoms with Crippen molar-refractivity contribution < 1.29 is 9.53 Å². The van der Waals surface area contributed by atoms with Gasteiger partial charge in [-0.15, -0.1) is 0 Å². The lowest BCUT2D eigenvalue weighted by molar-refractivity contribution is -0.117. The van der Waals surface area contributed by atoms with Gasteiger partial charge in [-0.3, -0.25) is 9.78 Å². The van der Waals surface area contributed by atoms with Gasteiger partial charge < -0.3 is 10.5 Å². The predicted molar refractivity (Wildman–Crippen MR) is 84.1 cm³/mol. The first-order chi connectivity index (χ1) is 10.9. The zero-order chi connectivity index (χ0) is 16.4. The number of ether oxygens (including phenoxy) is 1. The number of pyridine rings is 1. The second-order valence-corrected chi connectivity index (χ2v) is 6.45. The largest absolute Gasteiger partial charge is 0.376 e. The number of rotatable bonds is 4. The summed E-state index contributed by atoms with van der Waals surface area (Å²) in [6, 6.07) is 3.77. The Morgan fingerprint density at radius 3 is 3.00 bits per heavy atom. The Balaban J connectivity index is 2.00. The summed E-state index contributed by atoms with van der Waals surface area (Å²) in [5, 5.41) is 4.47. The first-order valence-corrected chi connectivity index (χ1v) is 7.73. The highest BCUT2D eigenvalue weighted by molar-refractivity contribution is 5.75. The van der Waals surface area contributed by atoms with Crippen LogP contribution in [-0.2, 0) is 16.0 Å². The highest BCUT2D eigenvalue weighted by Gasteiger charge is 2.33. The number of nitrogens with two attached hydrogens (primary N) is 1. The van der Waals surface area contributed by atoms with Gasteiger partial charge in [-0.05, 0) is 38.8 Å². The minimum atomic E-state index is -0.438. The van der Waals surface area contributed by atoms with Crippen molar-refractivity contribution in [3.8, 4) is 5.69 Å². The highest BCUT2D eigenvalue weighted by Crippen LogP contribution is 2.35. The monoisotopic (exact) mass is 315 g/mol. The molecule has 1 fully saturated rings. The molecule has 2 aromatic rings. The number of nitrogens with zero attached hydrogens (tertiary/aromatic N) is 4. The summed E-state index contributed by atoms with van der Waals surface area (Å²) in [5.41, 5.74) is 5.92. The molecule has 7 heteroatoms. The number of hydrogen-bond acceptors (Lipinski definition) is 5. The van der Waals surface area contributed by atoms with Crippen LogP contribution in [0, 0.1) is 0 Å². The standard InChI is InChI=1S/C16H21N5O2/c1-16(2)9-11(5-7-23-16)15-19-14(8-13(17)22)20-21(15)12-4-3-6-18-10-12/h3-4,6,10-11H,5,7-9H2,1-2H3,(H2,17,22)/t11-/m1/s1. The Hall–Kier alpha value is -2.28. The lowest BCUT2D eigenvalue weighted by Gasteiger charge is -2.35. The summed E-state index contributed by atoms with van der Waals surface area (Å²) < 4.78 is 7.57. The molecule has 1 aliphatic rings. The van der Waals surface area contributed by atoms with Crippen LogP contribution in [0.3, 0.4) is 0 Å². The van der Waals surface area contributed by atoms with Crippen molar-refractivity contribution in [3.05, 3.63) is 36.2 Å². The van der Waals surface area contributed by atoms with Crippen LogP contribution < -0.4 is 5.73 Å². The van der Waals surface area contributed by atoms with Crippen molar-refractivity contribution in [1.29, 1.82) is 0 Å². The fourth-order valence-corrected chi connectivity index (χ4v) is 2.98. The van der Waals surface area contributed by atoms with Gasteiger partial charge in [-0.1, -0.05) is 0 Å². The van der Waals surface area contributed by atoms with Crippen LogP contribution in [-0.4, -0.2) is 37.9 Å². The minimum Gasteiger partial charge on any atom is -0.376 e. The molecule has 2 aromatic heterocycles. The Labute approximate surface area is 134 Å². The van der Waals surface area contributed by atoms with E-state index in [1.54, 1.807) is 17.1 Å². The molecule has 3 rings (SSSR count). The predicted octanol–water partition coefficient (Wildman–Crippen LogP) is 1.36. The van der Waals surface area contributed by atoms with Crippen molar-refractivity contribution in [2.45, 2.75) is 44.6 Å². The van der Waals surface area contributed by atoms with Gasteiger partial charge >= 0.3 is 0 Å². The molecule has 3 heterocycles. The molecule has 1 saturated heterocycles. The topological polar surface area (TPSA) is 95.9 Å². The van der Waals surface area contributed by atoms with Crippen LogP contribution in [0.1, 0.15) is 44.3 Å². The summed E-state index contributed by atoms with van der Waals surface area (Å²) in [5.74, 6) is 1.06. The first-order valence-electron chi connectivity index (χ1n) is 7.73. The molecule has 122 valence electrons. The highest BCUT2D eigenvalue weighted by atomic mass is 16.5. The molecule has 23 heavy (non-hydrogen) atoms. The molecule has 7 nitrogen and oxygen atoms in total. The second-order valence-electron chi connectivity index (χ2n) is 6.45. The van der Waals surface area contributed by atoms with Crippen molar-refractivity contribution in [1.82, 2.24) is 19.7 Å². The third-order valence-electron chi connectivity index (χ3n) is 3.96. The third kappa shape index (κ3) is 3.56. The molecule has 2 N–H and O–H groups in total. The maximum Gasteiger partial charge on any atom is 0.225 e. The molecule has 1 amide bonds. The Morgan fingerprint density at radius 2 is 2.35 bits per heavy atom. The van der Waals surface area contributed by atoms with Gasteiger partial charge in [0.1, 0.15) is 5.82 Å². The smallest absolute Gasteiger partial charge is 0.225 e. The van der Waals surface area contributed by atoms with E-state index in [0.717, 1.165) is 24.4 Å². The molecular formula is C16H21N5O2. The molecule has 1 aliphatic heterocycles. The average Bonchev–Trinajstić information content (AvgIpc) is 2.90. The minimum absolute atomic E-state index is 0.0346. The zero-order valence-electron chi connectivity index (χ0n) is 13.4. The van der Waals surface area contributed by atoms with Crippen molar-refractivity contribution >= 4 is 5.91 Å². The maximum atomic E-state index is 11.2. The van der Waals surface area contributed by atoms with E-state index in [9.17, 15) is 4.79 Å².